The molecule has 1 aromatic heterocycles. The van der Waals surface area contributed by atoms with Gasteiger partial charge in [-0.05, 0) is 45.7 Å². The van der Waals surface area contributed by atoms with Gasteiger partial charge in [0.05, 0.1) is 0 Å². The van der Waals surface area contributed by atoms with Gasteiger partial charge in [0.15, 0.2) is 0 Å². The highest BCUT2D eigenvalue weighted by atomic mass is 14.9. The van der Waals surface area contributed by atoms with Gasteiger partial charge in [-0.25, -0.2) is 9.97 Å². The van der Waals surface area contributed by atoms with Crippen LogP contribution in [0.4, 0.5) is 0 Å². The molecular weight excluding hydrogens is 174 g/mol. The lowest BCUT2D eigenvalue weighted by Crippen LogP contribution is -2.36. The zero-order valence-electron chi connectivity index (χ0n) is 9.25. The van der Waals surface area contributed by atoms with Crippen molar-refractivity contribution in [2.45, 2.75) is 39.2 Å². The maximum atomic E-state index is 3.98. The molecule has 1 rings (SSSR count). The van der Waals surface area contributed by atoms with Crippen LogP contribution in [0.5, 0.6) is 0 Å². The molecule has 0 unspecified atom stereocenters. The second kappa shape index (κ2) is 5.05. The molecule has 0 radical (unpaired) electrons. The van der Waals surface area contributed by atoms with E-state index in [4.69, 9.17) is 0 Å². The molecule has 0 bridgehead atoms. The molecule has 0 aromatic carbocycles. The van der Waals surface area contributed by atoms with Crippen molar-refractivity contribution in [3.8, 4) is 0 Å². The molecule has 3 nitrogen and oxygen atoms in total. The number of hydrogen-bond acceptors (Lipinski definition) is 3. The topological polar surface area (TPSA) is 37.8 Å². The summed E-state index contributed by atoms with van der Waals surface area (Å²) in [6.07, 6.45) is 7.50. The Morgan fingerprint density at radius 1 is 1.21 bits per heavy atom. The molecule has 1 aromatic rings. The molecule has 0 fully saturated rings. The van der Waals surface area contributed by atoms with Gasteiger partial charge in [-0.3, -0.25) is 0 Å². The lowest BCUT2D eigenvalue weighted by atomic mass is 10.1. The van der Waals surface area contributed by atoms with Crippen LogP contribution in [0, 0.1) is 0 Å². The Kier molecular flexibility index (Phi) is 4.01. The second-order valence-corrected chi connectivity index (χ2v) is 4.53. The van der Waals surface area contributed by atoms with Crippen molar-refractivity contribution >= 4 is 0 Å². The Morgan fingerprint density at radius 2 is 1.86 bits per heavy atom. The molecule has 3 heteroatoms. The summed E-state index contributed by atoms with van der Waals surface area (Å²) in [7, 11) is 0. The van der Waals surface area contributed by atoms with Gasteiger partial charge in [-0.1, -0.05) is 0 Å². The molecule has 0 aliphatic heterocycles. The lowest BCUT2D eigenvalue weighted by molar-refractivity contribution is 0.422. The standard InChI is InChI=1S/C11H19N3/c1-11(2,3)14-6-4-5-10-7-12-9-13-8-10/h7-9,14H,4-6H2,1-3H3. The van der Waals surface area contributed by atoms with Crippen molar-refractivity contribution < 1.29 is 0 Å². The predicted molar refractivity (Wildman–Crippen MR) is 58.1 cm³/mol. The van der Waals surface area contributed by atoms with Crippen molar-refractivity contribution in [1.29, 1.82) is 0 Å². The molecule has 0 aliphatic rings. The van der Waals surface area contributed by atoms with E-state index >= 15 is 0 Å². The van der Waals surface area contributed by atoms with Crippen molar-refractivity contribution in [3.05, 3.63) is 24.3 Å². The monoisotopic (exact) mass is 193 g/mol. The molecular formula is C11H19N3. The zero-order valence-corrected chi connectivity index (χ0v) is 9.25. The Balaban J connectivity index is 2.17. The Morgan fingerprint density at radius 3 is 2.43 bits per heavy atom. The molecule has 0 amide bonds. The first-order valence-corrected chi connectivity index (χ1v) is 5.07. The number of aryl methyl sites for hydroxylation is 1. The van der Waals surface area contributed by atoms with E-state index < -0.39 is 0 Å². The fraction of sp³-hybridized carbons (Fsp3) is 0.636. The van der Waals surface area contributed by atoms with E-state index in [0.29, 0.717) is 0 Å². The van der Waals surface area contributed by atoms with Crippen molar-refractivity contribution in [2.24, 2.45) is 0 Å². The Bertz CT molecular complexity index is 251. The number of aromatic nitrogens is 2. The van der Waals surface area contributed by atoms with Gasteiger partial charge in [0.25, 0.3) is 0 Å². The van der Waals surface area contributed by atoms with E-state index in [1.54, 1.807) is 6.33 Å². The molecule has 0 saturated heterocycles. The maximum absolute atomic E-state index is 3.98. The third-order valence-corrected chi connectivity index (χ3v) is 1.91. The average Bonchev–Trinajstić information content (AvgIpc) is 2.13. The van der Waals surface area contributed by atoms with Crippen LogP contribution in [-0.2, 0) is 6.42 Å². The van der Waals surface area contributed by atoms with Gasteiger partial charge in [0.1, 0.15) is 6.33 Å². The van der Waals surface area contributed by atoms with E-state index in [9.17, 15) is 0 Å². The highest BCUT2D eigenvalue weighted by molar-refractivity contribution is 5.02. The molecule has 78 valence electrons. The number of rotatable bonds is 4. The van der Waals surface area contributed by atoms with E-state index in [0.717, 1.165) is 19.4 Å². The number of hydrogen-bond donors (Lipinski definition) is 1. The van der Waals surface area contributed by atoms with Crippen LogP contribution in [-0.4, -0.2) is 22.1 Å². The summed E-state index contributed by atoms with van der Waals surface area (Å²) in [5, 5.41) is 3.45. The molecule has 0 spiro atoms. The summed E-state index contributed by atoms with van der Waals surface area (Å²) < 4.78 is 0. The Labute approximate surface area is 86.0 Å². The minimum absolute atomic E-state index is 0.215. The van der Waals surface area contributed by atoms with Crippen LogP contribution in [0.3, 0.4) is 0 Å². The number of nitrogens with one attached hydrogen (secondary N) is 1. The smallest absolute Gasteiger partial charge is 0.115 e. The highest BCUT2D eigenvalue weighted by Crippen LogP contribution is 2.01. The first-order chi connectivity index (χ1) is 6.58. The van der Waals surface area contributed by atoms with Crippen molar-refractivity contribution in [2.75, 3.05) is 6.54 Å². The SMILES string of the molecule is CC(C)(C)NCCCc1cncnc1. The lowest BCUT2D eigenvalue weighted by Gasteiger charge is -2.20. The van der Waals surface area contributed by atoms with Crippen LogP contribution in [0.1, 0.15) is 32.8 Å². The molecule has 0 atom stereocenters. The quantitative estimate of drug-likeness (QED) is 0.741. The van der Waals surface area contributed by atoms with E-state index in [2.05, 4.69) is 36.1 Å². The van der Waals surface area contributed by atoms with E-state index in [1.165, 1.54) is 5.56 Å². The fourth-order valence-corrected chi connectivity index (χ4v) is 1.21. The molecule has 14 heavy (non-hydrogen) atoms. The third kappa shape index (κ3) is 4.92. The van der Waals surface area contributed by atoms with Crippen molar-refractivity contribution in [1.82, 2.24) is 15.3 Å². The Hall–Kier alpha value is -0.960. The van der Waals surface area contributed by atoms with Gasteiger partial charge in [0.2, 0.25) is 0 Å². The largest absolute Gasteiger partial charge is 0.312 e. The van der Waals surface area contributed by atoms with Gasteiger partial charge >= 0.3 is 0 Å². The van der Waals surface area contributed by atoms with E-state index in [1.807, 2.05) is 12.4 Å². The first kappa shape index (κ1) is 11.1. The minimum atomic E-state index is 0.215. The van der Waals surface area contributed by atoms with Gasteiger partial charge in [-0.2, -0.15) is 0 Å². The van der Waals surface area contributed by atoms with Crippen LogP contribution < -0.4 is 5.32 Å². The van der Waals surface area contributed by atoms with Crippen LogP contribution in [0.15, 0.2) is 18.7 Å². The molecule has 1 N–H and O–H groups in total. The van der Waals surface area contributed by atoms with E-state index in [-0.39, 0.29) is 5.54 Å². The van der Waals surface area contributed by atoms with Crippen molar-refractivity contribution in [3.63, 3.8) is 0 Å². The second-order valence-electron chi connectivity index (χ2n) is 4.53. The van der Waals surface area contributed by atoms with Gasteiger partial charge < -0.3 is 5.32 Å². The summed E-state index contributed by atoms with van der Waals surface area (Å²) in [6.45, 7) is 7.58. The van der Waals surface area contributed by atoms with Crippen LogP contribution >= 0.6 is 0 Å². The zero-order chi connectivity index (χ0) is 10.4. The molecule has 0 saturated carbocycles. The summed E-state index contributed by atoms with van der Waals surface area (Å²) in [5.41, 5.74) is 1.43. The summed E-state index contributed by atoms with van der Waals surface area (Å²) in [4.78, 5) is 7.96. The third-order valence-electron chi connectivity index (χ3n) is 1.91. The predicted octanol–water partition coefficient (Wildman–Crippen LogP) is 1.80. The van der Waals surface area contributed by atoms with Crippen LogP contribution in [0.2, 0.25) is 0 Å². The minimum Gasteiger partial charge on any atom is -0.312 e. The normalized spacial score (nSPS) is 11.6. The number of nitrogens with zero attached hydrogens (tertiary/aromatic N) is 2. The molecule has 1 heterocycles. The van der Waals surface area contributed by atoms with Crippen LogP contribution in [0.25, 0.3) is 0 Å². The van der Waals surface area contributed by atoms with Gasteiger partial charge in [0, 0.05) is 17.9 Å². The summed E-state index contributed by atoms with van der Waals surface area (Å²) in [5.74, 6) is 0. The average molecular weight is 193 g/mol. The summed E-state index contributed by atoms with van der Waals surface area (Å²) >= 11 is 0. The fourth-order valence-electron chi connectivity index (χ4n) is 1.21. The summed E-state index contributed by atoms with van der Waals surface area (Å²) in [6, 6.07) is 0. The highest BCUT2D eigenvalue weighted by Gasteiger charge is 2.06. The molecule has 0 aliphatic carbocycles. The first-order valence-electron chi connectivity index (χ1n) is 5.07. The van der Waals surface area contributed by atoms with Gasteiger partial charge in [-0.15, -0.1) is 0 Å². The maximum Gasteiger partial charge on any atom is 0.115 e.